The van der Waals surface area contributed by atoms with Gasteiger partial charge < -0.3 is 14.8 Å². The molecule has 0 radical (unpaired) electrons. The zero-order valence-corrected chi connectivity index (χ0v) is 18.8. The SMILES string of the molecule is COCCN(C)Cc1ccccc1C#Cc1cccc(C(=O)O)c1-c1ccc2cc[nH]c2c1. The second kappa shape index (κ2) is 10.2. The highest BCUT2D eigenvalue weighted by atomic mass is 16.5. The third kappa shape index (κ3) is 5.15. The van der Waals surface area contributed by atoms with Crippen molar-refractivity contribution in [1.29, 1.82) is 0 Å². The number of aromatic nitrogens is 1. The minimum Gasteiger partial charge on any atom is -0.478 e. The summed E-state index contributed by atoms with van der Waals surface area (Å²) >= 11 is 0. The van der Waals surface area contributed by atoms with Crippen LogP contribution in [-0.2, 0) is 11.3 Å². The van der Waals surface area contributed by atoms with Gasteiger partial charge in [-0.15, -0.1) is 0 Å². The van der Waals surface area contributed by atoms with E-state index in [1.807, 2.05) is 54.7 Å². The summed E-state index contributed by atoms with van der Waals surface area (Å²) in [5.74, 6) is 5.57. The highest BCUT2D eigenvalue weighted by molar-refractivity contribution is 5.99. The standard InChI is InChI=1S/C28H26N2O3/c1-30(16-17-33-2)19-24-7-4-3-6-20(24)10-12-22-8-5-9-25(28(31)32)27(22)23-13-11-21-14-15-29-26(21)18-23/h3-9,11,13-15,18,29H,16-17,19H2,1-2H3,(H,31,32). The van der Waals surface area contributed by atoms with Gasteiger partial charge in [-0.2, -0.15) is 0 Å². The normalized spacial score (nSPS) is 10.9. The largest absolute Gasteiger partial charge is 0.478 e. The van der Waals surface area contributed by atoms with Gasteiger partial charge in [0.05, 0.1) is 12.2 Å². The lowest BCUT2D eigenvalue weighted by molar-refractivity contribution is 0.0697. The van der Waals surface area contributed by atoms with Crippen molar-refractivity contribution in [3.05, 3.63) is 95.2 Å². The summed E-state index contributed by atoms with van der Waals surface area (Å²) < 4.78 is 5.17. The highest BCUT2D eigenvalue weighted by Crippen LogP contribution is 2.30. The Morgan fingerprint density at radius 1 is 1.03 bits per heavy atom. The Hall–Kier alpha value is -3.85. The van der Waals surface area contributed by atoms with E-state index < -0.39 is 5.97 Å². The van der Waals surface area contributed by atoms with Crippen molar-refractivity contribution in [2.45, 2.75) is 6.54 Å². The van der Waals surface area contributed by atoms with Crippen molar-refractivity contribution in [1.82, 2.24) is 9.88 Å². The van der Waals surface area contributed by atoms with Crippen LogP contribution in [0.3, 0.4) is 0 Å². The fourth-order valence-electron chi connectivity index (χ4n) is 3.88. The molecule has 33 heavy (non-hydrogen) atoms. The number of methoxy groups -OCH3 is 1. The van der Waals surface area contributed by atoms with Crippen molar-refractivity contribution in [3.8, 4) is 23.0 Å². The number of nitrogens with one attached hydrogen (secondary N) is 1. The van der Waals surface area contributed by atoms with Crippen molar-refractivity contribution >= 4 is 16.9 Å². The van der Waals surface area contributed by atoms with Gasteiger partial charge in [-0.05, 0) is 53.9 Å². The molecule has 0 amide bonds. The molecule has 4 aromatic rings. The number of carboxylic acid groups (broad SMARTS) is 1. The molecular formula is C28H26N2O3. The van der Waals surface area contributed by atoms with Crippen LogP contribution in [0.1, 0.15) is 27.0 Å². The Morgan fingerprint density at radius 2 is 1.82 bits per heavy atom. The van der Waals surface area contributed by atoms with Gasteiger partial charge in [0.25, 0.3) is 0 Å². The molecule has 0 aliphatic carbocycles. The number of H-pyrrole nitrogens is 1. The van der Waals surface area contributed by atoms with Gasteiger partial charge in [-0.3, -0.25) is 4.90 Å². The van der Waals surface area contributed by atoms with E-state index in [2.05, 4.69) is 34.8 Å². The number of benzene rings is 3. The Morgan fingerprint density at radius 3 is 2.64 bits per heavy atom. The lowest BCUT2D eigenvalue weighted by Gasteiger charge is -2.17. The van der Waals surface area contributed by atoms with E-state index in [4.69, 9.17) is 4.74 Å². The minimum absolute atomic E-state index is 0.236. The van der Waals surface area contributed by atoms with Crippen LogP contribution < -0.4 is 0 Å². The number of fused-ring (bicyclic) bond motifs is 1. The maximum atomic E-state index is 12.0. The number of hydrogen-bond acceptors (Lipinski definition) is 3. The topological polar surface area (TPSA) is 65.6 Å². The maximum Gasteiger partial charge on any atom is 0.336 e. The summed E-state index contributed by atoms with van der Waals surface area (Å²) in [5, 5.41) is 10.9. The smallest absolute Gasteiger partial charge is 0.336 e. The number of aromatic amines is 1. The fraction of sp³-hybridized carbons (Fsp3) is 0.179. The van der Waals surface area contributed by atoms with Crippen LogP contribution in [0.25, 0.3) is 22.0 Å². The van der Waals surface area contributed by atoms with Crippen LogP contribution in [-0.4, -0.2) is 48.3 Å². The van der Waals surface area contributed by atoms with Crippen LogP contribution in [0.4, 0.5) is 0 Å². The Kier molecular flexibility index (Phi) is 6.89. The number of carbonyl (C=O) groups is 1. The molecule has 0 aliphatic rings. The molecule has 4 rings (SSSR count). The molecule has 1 heterocycles. The third-order valence-electron chi connectivity index (χ3n) is 5.61. The molecule has 5 nitrogen and oxygen atoms in total. The molecule has 0 saturated heterocycles. The average Bonchev–Trinajstić information content (AvgIpc) is 3.30. The van der Waals surface area contributed by atoms with Crippen molar-refractivity contribution < 1.29 is 14.6 Å². The van der Waals surface area contributed by atoms with Gasteiger partial charge in [0.1, 0.15) is 0 Å². The summed E-state index contributed by atoms with van der Waals surface area (Å²) in [5.41, 5.74) is 5.36. The molecule has 0 spiro atoms. The first-order chi connectivity index (χ1) is 16.1. The molecule has 5 heteroatoms. The molecule has 1 aromatic heterocycles. The minimum atomic E-state index is -0.972. The number of likely N-dealkylation sites (N-methyl/N-ethyl adjacent to an activating group) is 1. The molecule has 0 unspecified atom stereocenters. The Bertz CT molecular complexity index is 1340. The molecule has 166 valence electrons. The second-order valence-corrected chi connectivity index (χ2v) is 7.95. The van der Waals surface area contributed by atoms with E-state index in [1.165, 1.54) is 0 Å². The molecule has 0 saturated carbocycles. The van der Waals surface area contributed by atoms with Gasteiger partial charge >= 0.3 is 5.97 Å². The van der Waals surface area contributed by atoms with E-state index >= 15 is 0 Å². The fourth-order valence-corrected chi connectivity index (χ4v) is 3.88. The predicted octanol–water partition coefficient (Wildman–Crippen LogP) is 5.01. The summed E-state index contributed by atoms with van der Waals surface area (Å²) in [4.78, 5) is 17.4. The van der Waals surface area contributed by atoms with Gasteiger partial charge in [-0.25, -0.2) is 4.79 Å². The van der Waals surface area contributed by atoms with Crippen LogP contribution in [0.2, 0.25) is 0 Å². The van der Waals surface area contributed by atoms with Crippen molar-refractivity contribution in [3.63, 3.8) is 0 Å². The molecule has 0 bridgehead atoms. The molecular weight excluding hydrogens is 412 g/mol. The molecule has 3 aromatic carbocycles. The quantitative estimate of drug-likeness (QED) is 0.398. The van der Waals surface area contributed by atoms with E-state index in [0.717, 1.165) is 40.7 Å². The molecule has 0 fully saturated rings. The zero-order valence-electron chi connectivity index (χ0n) is 18.8. The lowest BCUT2D eigenvalue weighted by atomic mass is 9.93. The Labute approximate surface area is 193 Å². The molecule has 2 N–H and O–H groups in total. The summed E-state index contributed by atoms with van der Waals surface area (Å²) in [6, 6.07) is 21.2. The summed E-state index contributed by atoms with van der Waals surface area (Å²) in [7, 11) is 3.75. The van der Waals surface area contributed by atoms with Crippen molar-refractivity contribution in [2.24, 2.45) is 0 Å². The molecule has 0 atom stereocenters. The van der Waals surface area contributed by atoms with Crippen LogP contribution in [0, 0.1) is 11.8 Å². The Balaban J connectivity index is 1.75. The van der Waals surface area contributed by atoms with Crippen LogP contribution >= 0.6 is 0 Å². The number of aromatic carboxylic acids is 1. The lowest BCUT2D eigenvalue weighted by Crippen LogP contribution is -2.22. The second-order valence-electron chi connectivity index (χ2n) is 7.95. The van der Waals surface area contributed by atoms with E-state index in [-0.39, 0.29) is 5.56 Å². The van der Waals surface area contributed by atoms with Gasteiger partial charge in [0.2, 0.25) is 0 Å². The maximum absolute atomic E-state index is 12.0. The number of hydrogen-bond donors (Lipinski definition) is 2. The third-order valence-corrected chi connectivity index (χ3v) is 5.61. The van der Waals surface area contributed by atoms with Gasteiger partial charge in [-0.1, -0.05) is 48.2 Å². The van der Waals surface area contributed by atoms with E-state index in [0.29, 0.717) is 17.7 Å². The summed E-state index contributed by atoms with van der Waals surface area (Å²) in [6.45, 7) is 2.24. The van der Waals surface area contributed by atoms with Gasteiger partial charge in [0.15, 0.2) is 0 Å². The first-order valence-corrected chi connectivity index (χ1v) is 10.8. The first-order valence-electron chi connectivity index (χ1n) is 10.8. The van der Waals surface area contributed by atoms with Crippen molar-refractivity contribution in [2.75, 3.05) is 27.3 Å². The summed E-state index contributed by atoms with van der Waals surface area (Å²) in [6.07, 6.45) is 1.87. The monoisotopic (exact) mass is 438 g/mol. The number of rotatable bonds is 7. The van der Waals surface area contributed by atoms with Gasteiger partial charge in [0, 0.05) is 48.6 Å². The number of nitrogens with zero attached hydrogens (tertiary/aromatic N) is 1. The first kappa shape index (κ1) is 22.3. The highest BCUT2D eigenvalue weighted by Gasteiger charge is 2.16. The number of ether oxygens (including phenoxy) is 1. The number of carboxylic acids is 1. The molecule has 0 aliphatic heterocycles. The van der Waals surface area contributed by atoms with E-state index in [9.17, 15) is 9.90 Å². The average molecular weight is 439 g/mol. The predicted molar refractivity (Wildman–Crippen MR) is 131 cm³/mol. The van der Waals surface area contributed by atoms with E-state index in [1.54, 1.807) is 19.2 Å². The van der Waals surface area contributed by atoms with Crippen LogP contribution in [0.15, 0.2) is 72.9 Å². The van der Waals surface area contributed by atoms with Crippen LogP contribution in [0.5, 0.6) is 0 Å². The zero-order chi connectivity index (χ0) is 23.2.